The molecule has 0 fully saturated rings. The fourth-order valence-electron chi connectivity index (χ4n) is 2.24. The van der Waals surface area contributed by atoms with E-state index in [4.69, 9.17) is 47.4 Å². The Hall–Kier alpha value is -0.930. The Balaban J connectivity index is -0.0000000442. The van der Waals surface area contributed by atoms with Crippen molar-refractivity contribution in [1.82, 2.24) is 0 Å². The Bertz CT molecular complexity index is 317. The van der Waals surface area contributed by atoms with Gasteiger partial charge in [-0.3, -0.25) is 4.79 Å². The van der Waals surface area contributed by atoms with E-state index >= 15 is 0 Å². The molecule has 0 rings (SSSR count). The third-order valence-electron chi connectivity index (χ3n) is 4.43. The first-order valence-corrected chi connectivity index (χ1v) is 21.8. The predicted molar refractivity (Wildman–Crippen MR) is 244 cm³/mol. The minimum absolute atomic E-state index is 0.211. The van der Waals surface area contributed by atoms with Gasteiger partial charge in [0.25, 0.3) is 0 Å². The first-order chi connectivity index (χ1) is 26.9. The summed E-state index contributed by atoms with van der Waals surface area (Å²) < 4.78 is 52.7. The van der Waals surface area contributed by atoms with Crippen LogP contribution < -0.4 is 0 Å². The molecule has 0 saturated heterocycles. The van der Waals surface area contributed by atoms with Crippen molar-refractivity contribution in [3.8, 4) is 0 Å². The molecule has 0 unspecified atom stereocenters. The molecule has 0 heterocycles. The molecular formula is C44H108O12. The normalized spacial score (nSPS) is 8.32. The molecule has 0 aliphatic rings. The summed E-state index contributed by atoms with van der Waals surface area (Å²) in [6.45, 7) is 60.3. The van der Waals surface area contributed by atoms with Crippen LogP contribution in [0.15, 0.2) is 0 Å². The lowest BCUT2D eigenvalue weighted by Crippen LogP contribution is -1.95. The van der Waals surface area contributed by atoms with Gasteiger partial charge in [-0.05, 0) is 145 Å². The van der Waals surface area contributed by atoms with Crippen molar-refractivity contribution < 1.29 is 56.9 Å². The summed E-state index contributed by atoms with van der Waals surface area (Å²) in [5.41, 5.74) is 0. The molecule has 0 aromatic rings. The molecule has 56 heavy (non-hydrogen) atoms. The molecule has 12 nitrogen and oxygen atoms in total. The highest BCUT2D eigenvalue weighted by atomic mass is 16.5. The van der Waals surface area contributed by atoms with E-state index in [1.54, 1.807) is 6.92 Å². The van der Waals surface area contributed by atoms with Crippen molar-refractivity contribution in [2.24, 2.45) is 0 Å². The van der Waals surface area contributed by atoms with Gasteiger partial charge in [0, 0.05) is 139 Å². The lowest BCUT2D eigenvalue weighted by Gasteiger charge is -1.89. The first kappa shape index (κ1) is 82.9. The third-order valence-corrected chi connectivity index (χ3v) is 4.43. The molecule has 0 radical (unpaired) electrons. The van der Waals surface area contributed by atoms with E-state index in [9.17, 15) is 4.79 Å². The fraction of sp³-hybridized carbons (Fsp3) is 0.977. The number of carbonyl (C=O) groups is 1. The van der Waals surface area contributed by atoms with Gasteiger partial charge in [0.2, 0.25) is 0 Å². The quantitative estimate of drug-likeness (QED) is 0.102. The zero-order valence-electron chi connectivity index (χ0n) is 42.2. The molecule has 356 valence electrons. The van der Waals surface area contributed by atoms with Crippen LogP contribution in [-0.4, -0.2) is 145 Å². The molecular weight excluding hydrogens is 720 g/mol. The highest BCUT2D eigenvalue weighted by molar-refractivity contribution is 5.65. The van der Waals surface area contributed by atoms with Crippen molar-refractivity contribution in [2.75, 3.05) is 139 Å². The fourth-order valence-corrected chi connectivity index (χ4v) is 2.24. The van der Waals surface area contributed by atoms with E-state index in [1.807, 2.05) is 138 Å². The Kier molecular flexibility index (Phi) is 194. The van der Waals surface area contributed by atoms with Crippen molar-refractivity contribution >= 4 is 5.97 Å². The summed E-state index contributed by atoms with van der Waals surface area (Å²) in [6, 6.07) is 0. The molecule has 0 amide bonds. The summed E-state index contributed by atoms with van der Waals surface area (Å²) in [7, 11) is 0. The summed E-state index contributed by atoms with van der Waals surface area (Å²) >= 11 is 0. The summed E-state index contributed by atoms with van der Waals surface area (Å²) in [4.78, 5) is 9.82. The molecule has 0 spiro atoms. The maximum absolute atomic E-state index is 9.82. The van der Waals surface area contributed by atoms with Crippen LogP contribution in [0.3, 0.4) is 0 Å². The van der Waals surface area contributed by atoms with Gasteiger partial charge in [0.05, 0.1) is 6.61 Å². The highest BCUT2D eigenvalue weighted by Crippen LogP contribution is 1.70. The molecule has 0 saturated carbocycles. The highest BCUT2D eigenvalue weighted by Gasteiger charge is 1.81. The number of esters is 1. The van der Waals surface area contributed by atoms with E-state index in [0.29, 0.717) is 6.61 Å². The Morgan fingerprint density at radius 2 is 0.304 bits per heavy atom. The van der Waals surface area contributed by atoms with Crippen LogP contribution in [0.5, 0.6) is 0 Å². The van der Waals surface area contributed by atoms with Gasteiger partial charge >= 0.3 is 5.97 Å². The third kappa shape index (κ3) is 295. The molecule has 0 aliphatic heterocycles. The minimum atomic E-state index is -0.211. The number of carbonyl (C=O) groups excluding carboxylic acids is 1. The average Bonchev–Trinajstić information content (AvgIpc) is 3.18. The Morgan fingerprint density at radius 3 is 0.304 bits per heavy atom. The van der Waals surface area contributed by atoms with E-state index in [1.165, 1.54) is 6.92 Å². The molecule has 0 atom stereocenters. The first-order valence-electron chi connectivity index (χ1n) is 21.8. The monoisotopic (exact) mass is 829 g/mol. The average molecular weight is 829 g/mol. The molecule has 0 bridgehead atoms. The molecule has 0 aromatic carbocycles. The van der Waals surface area contributed by atoms with Crippen LogP contribution >= 0.6 is 0 Å². The lowest BCUT2D eigenvalue weighted by atomic mass is 10.8. The molecule has 0 aromatic heterocycles. The van der Waals surface area contributed by atoms with Crippen molar-refractivity contribution in [3.05, 3.63) is 0 Å². The Morgan fingerprint density at radius 1 is 0.214 bits per heavy atom. The number of hydrogen-bond acceptors (Lipinski definition) is 12. The second-order valence-electron chi connectivity index (χ2n) is 8.74. The van der Waals surface area contributed by atoms with Crippen LogP contribution in [0.4, 0.5) is 0 Å². The number of hydrogen-bond donors (Lipinski definition) is 0. The Labute approximate surface area is 353 Å². The molecule has 12 heteroatoms. The van der Waals surface area contributed by atoms with E-state index < -0.39 is 0 Å². The van der Waals surface area contributed by atoms with Gasteiger partial charge in [-0.25, -0.2) is 0 Å². The van der Waals surface area contributed by atoms with Gasteiger partial charge in [-0.2, -0.15) is 0 Å². The van der Waals surface area contributed by atoms with Gasteiger partial charge in [0.1, 0.15) is 0 Å². The molecule has 0 aliphatic carbocycles. The van der Waals surface area contributed by atoms with E-state index in [0.717, 1.165) is 132 Å². The van der Waals surface area contributed by atoms with Gasteiger partial charge in [-0.15, -0.1) is 0 Å². The number of ether oxygens (including phenoxy) is 11. The summed E-state index contributed by atoms with van der Waals surface area (Å²) in [5, 5.41) is 0. The SMILES string of the molecule is CCOC(C)=O.CCOCC.CCOCC.CCOCC.CCOCC.CCOCC.CCOCC.CCOCC.CCOCC.CCOCC.CCOCC. The second kappa shape index (κ2) is 131. The lowest BCUT2D eigenvalue weighted by molar-refractivity contribution is -0.140. The zero-order valence-corrected chi connectivity index (χ0v) is 42.2. The van der Waals surface area contributed by atoms with Crippen LogP contribution in [0.2, 0.25) is 0 Å². The van der Waals surface area contributed by atoms with Crippen molar-refractivity contribution in [2.45, 2.75) is 152 Å². The van der Waals surface area contributed by atoms with Crippen LogP contribution in [0.25, 0.3) is 0 Å². The smallest absolute Gasteiger partial charge is 0.302 e. The van der Waals surface area contributed by atoms with Crippen molar-refractivity contribution in [1.29, 1.82) is 0 Å². The predicted octanol–water partition coefficient (Wildman–Crippen LogP) is 11.0. The zero-order chi connectivity index (χ0) is 46.2. The van der Waals surface area contributed by atoms with Gasteiger partial charge in [0.15, 0.2) is 0 Å². The summed E-state index contributed by atoms with van der Waals surface area (Å²) in [5.74, 6) is -0.211. The molecule has 0 N–H and O–H groups in total. The topological polar surface area (TPSA) is 119 Å². The van der Waals surface area contributed by atoms with Crippen molar-refractivity contribution in [3.63, 3.8) is 0 Å². The van der Waals surface area contributed by atoms with Crippen LogP contribution in [0.1, 0.15) is 152 Å². The number of rotatable bonds is 21. The van der Waals surface area contributed by atoms with Gasteiger partial charge in [-0.1, -0.05) is 0 Å². The van der Waals surface area contributed by atoms with Gasteiger partial charge < -0.3 is 52.1 Å². The summed E-state index contributed by atoms with van der Waals surface area (Å²) in [6.07, 6.45) is 0. The largest absolute Gasteiger partial charge is 0.466 e. The maximum atomic E-state index is 9.82. The van der Waals surface area contributed by atoms with Crippen LogP contribution in [-0.2, 0) is 56.9 Å². The second-order valence-corrected chi connectivity index (χ2v) is 8.74. The minimum Gasteiger partial charge on any atom is -0.466 e. The standard InChI is InChI=1S/C4H8O2.10C4H10O/c1-3-6-4(2)5;10*1-3-5-4-2/h3H2,1-2H3;10*3-4H2,1-2H3. The van der Waals surface area contributed by atoms with Crippen LogP contribution in [0, 0.1) is 0 Å². The maximum Gasteiger partial charge on any atom is 0.302 e. The van der Waals surface area contributed by atoms with E-state index in [-0.39, 0.29) is 5.97 Å². The van der Waals surface area contributed by atoms with E-state index in [2.05, 4.69) is 4.74 Å².